The van der Waals surface area contributed by atoms with Gasteiger partial charge >= 0.3 is 11.9 Å². The van der Waals surface area contributed by atoms with Gasteiger partial charge in [0.15, 0.2) is 0 Å². The number of hydrogen-bond acceptors (Lipinski definition) is 4. The number of nitrogens with one attached hydrogen (secondary N) is 2. The van der Waals surface area contributed by atoms with Gasteiger partial charge in [0.05, 0.1) is 0 Å². The van der Waals surface area contributed by atoms with Gasteiger partial charge < -0.3 is 20.8 Å². The van der Waals surface area contributed by atoms with Gasteiger partial charge in [0.2, 0.25) is 0 Å². The molecule has 0 aromatic rings. The minimum absolute atomic E-state index is 0.0694. The Labute approximate surface area is 135 Å². The molecule has 0 unspecified atom stereocenters. The van der Waals surface area contributed by atoms with Crippen molar-refractivity contribution in [2.75, 3.05) is 13.1 Å². The monoisotopic (exact) mass is 356 g/mol. The standard InChI is InChI=1S/2C6H9F2N.C2H2O4/c2*7-6(8)3-5(4-6)1-2-9-5;3-1(4)2(5)6/h2*9H,1-4H2;(H,3,4)(H,5,6). The summed E-state index contributed by atoms with van der Waals surface area (Å²) >= 11 is 0. The van der Waals surface area contributed by atoms with Crippen LogP contribution in [0.2, 0.25) is 0 Å². The zero-order valence-electron chi connectivity index (χ0n) is 12.9. The van der Waals surface area contributed by atoms with Crippen molar-refractivity contribution in [1.82, 2.24) is 10.6 Å². The first-order valence-corrected chi connectivity index (χ1v) is 7.60. The summed E-state index contributed by atoms with van der Waals surface area (Å²) in [5.41, 5.74) is -0.243. The van der Waals surface area contributed by atoms with Crippen molar-refractivity contribution in [3.63, 3.8) is 0 Å². The second-order valence-electron chi connectivity index (χ2n) is 6.94. The highest BCUT2D eigenvalue weighted by molar-refractivity contribution is 6.27. The van der Waals surface area contributed by atoms with E-state index in [9.17, 15) is 17.6 Å². The molecule has 0 bridgehead atoms. The highest BCUT2D eigenvalue weighted by atomic mass is 19.3. The molecular weight excluding hydrogens is 336 g/mol. The summed E-state index contributed by atoms with van der Waals surface area (Å²) in [6.45, 7) is 1.85. The number of rotatable bonds is 0. The fraction of sp³-hybridized carbons (Fsp3) is 0.857. The number of aliphatic carboxylic acids is 2. The summed E-state index contributed by atoms with van der Waals surface area (Å²) in [7, 11) is 0. The summed E-state index contributed by atoms with van der Waals surface area (Å²) in [5.74, 6) is -8.36. The Morgan fingerprint density at radius 3 is 1.00 bits per heavy atom. The number of carboxylic acids is 2. The van der Waals surface area contributed by atoms with Crippen LogP contribution in [0.1, 0.15) is 38.5 Å². The van der Waals surface area contributed by atoms with Crippen molar-refractivity contribution in [3.05, 3.63) is 0 Å². The largest absolute Gasteiger partial charge is 0.473 e. The number of hydrogen-bond donors (Lipinski definition) is 4. The fourth-order valence-electron chi connectivity index (χ4n) is 3.44. The average Bonchev–Trinajstić information content (AvgIpc) is 2.29. The van der Waals surface area contributed by atoms with Crippen molar-refractivity contribution in [2.45, 2.75) is 61.4 Å². The van der Waals surface area contributed by atoms with Crippen LogP contribution in [0.15, 0.2) is 0 Å². The molecule has 6 nitrogen and oxygen atoms in total. The van der Waals surface area contributed by atoms with Crippen molar-refractivity contribution < 1.29 is 37.4 Å². The van der Waals surface area contributed by atoms with Gasteiger partial charge in [-0.1, -0.05) is 0 Å². The van der Waals surface area contributed by atoms with Crippen LogP contribution in [-0.4, -0.2) is 58.2 Å². The van der Waals surface area contributed by atoms with Crippen LogP contribution in [0.25, 0.3) is 0 Å². The first-order chi connectivity index (χ1) is 10.9. The molecule has 4 rings (SSSR count). The fourth-order valence-corrected chi connectivity index (χ4v) is 3.44. The molecule has 4 aliphatic rings. The van der Waals surface area contributed by atoms with Crippen molar-refractivity contribution in [3.8, 4) is 0 Å². The van der Waals surface area contributed by atoms with E-state index >= 15 is 0 Å². The molecule has 4 fully saturated rings. The number of alkyl halides is 4. The summed E-state index contributed by atoms with van der Waals surface area (Å²) < 4.78 is 48.9. The third-order valence-corrected chi connectivity index (χ3v) is 4.78. The lowest BCUT2D eigenvalue weighted by Crippen LogP contribution is -2.68. The molecule has 10 heteroatoms. The number of carbonyl (C=O) groups is 2. The maximum Gasteiger partial charge on any atom is 0.414 e. The molecule has 2 heterocycles. The van der Waals surface area contributed by atoms with E-state index in [0.29, 0.717) is 0 Å². The lowest BCUT2D eigenvalue weighted by Gasteiger charge is -2.54. The van der Waals surface area contributed by atoms with Gasteiger partial charge in [-0.05, 0) is 25.9 Å². The van der Waals surface area contributed by atoms with Crippen LogP contribution >= 0.6 is 0 Å². The molecule has 0 radical (unpaired) electrons. The summed E-state index contributed by atoms with van der Waals surface area (Å²) in [4.78, 5) is 18.2. The van der Waals surface area contributed by atoms with E-state index < -0.39 is 23.8 Å². The van der Waals surface area contributed by atoms with Crippen LogP contribution in [0.4, 0.5) is 17.6 Å². The Bertz CT molecular complexity index is 453. The number of halogens is 4. The van der Waals surface area contributed by atoms with Crippen LogP contribution in [0.5, 0.6) is 0 Å². The Balaban J connectivity index is 0.000000134. The molecule has 0 aromatic carbocycles. The van der Waals surface area contributed by atoms with E-state index in [1.54, 1.807) is 0 Å². The third kappa shape index (κ3) is 4.35. The SMILES string of the molecule is FC1(F)CC2(CCN2)C1.FC1(F)CC2(CCN2)C1.O=C(O)C(=O)O. The second-order valence-corrected chi connectivity index (χ2v) is 6.94. The Hall–Kier alpha value is -1.42. The number of carboxylic acid groups (broad SMARTS) is 2. The van der Waals surface area contributed by atoms with Crippen molar-refractivity contribution in [1.29, 1.82) is 0 Å². The van der Waals surface area contributed by atoms with Gasteiger partial charge in [-0.15, -0.1) is 0 Å². The van der Waals surface area contributed by atoms with E-state index in [1.165, 1.54) is 0 Å². The van der Waals surface area contributed by atoms with Crippen LogP contribution in [0.3, 0.4) is 0 Å². The van der Waals surface area contributed by atoms with Gasteiger partial charge in [0.1, 0.15) is 0 Å². The Morgan fingerprint density at radius 1 is 0.708 bits per heavy atom. The highest BCUT2D eigenvalue weighted by Crippen LogP contribution is 2.50. The maximum absolute atomic E-state index is 12.2. The minimum Gasteiger partial charge on any atom is -0.473 e. The topological polar surface area (TPSA) is 98.7 Å². The van der Waals surface area contributed by atoms with Gasteiger partial charge in [-0.25, -0.2) is 27.2 Å². The smallest absolute Gasteiger partial charge is 0.414 e. The van der Waals surface area contributed by atoms with E-state index in [0.717, 1.165) is 25.9 Å². The first kappa shape index (κ1) is 18.9. The zero-order valence-corrected chi connectivity index (χ0v) is 12.9. The van der Waals surface area contributed by atoms with Crippen LogP contribution < -0.4 is 10.6 Å². The first-order valence-electron chi connectivity index (χ1n) is 7.60. The Kier molecular flexibility index (Phi) is 4.84. The molecule has 0 amide bonds. The van der Waals surface area contributed by atoms with E-state index in [-0.39, 0.29) is 36.8 Å². The maximum atomic E-state index is 12.2. The summed E-state index contributed by atoms with van der Waals surface area (Å²) in [5, 5.41) is 20.9. The average molecular weight is 356 g/mol. The predicted octanol–water partition coefficient (Wildman–Crippen LogP) is 1.45. The lowest BCUT2D eigenvalue weighted by atomic mass is 9.67. The molecule has 2 aliphatic carbocycles. The van der Waals surface area contributed by atoms with Crippen molar-refractivity contribution in [2.24, 2.45) is 0 Å². The predicted molar refractivity (Wildman–Crippen MR) is 74.3 cm³/mol. The van der Waals surface area contributed by atoms with E-state index in [2.05, 4.69) is 10.6 Å². The molecule has 2 saturated carbocycles. The molecule has 2 spiro atoms. The van der Waals surface area contributed by atoms with Crippen LogP contribution in [0, 0.1) is 0 Å². The van der Waals surface area contributed by atoms with E-state index in [4.69, 9.17) is 19.8 Å². The molecule has 0 atom stereocenters. The highest BCUT2D eigenvalue weighted by Gasteiger charge is 2.59. The molecule has 0 aromatic heterocycles. The Morgan fingerprint density at radius 2 is 0.958 bits per heavy atom. The quantitative estimate of drug-likeness (QED) is 0.387. The van der Waals surface area contributed by atoms with Crippen molar-refractivity contribution >= 4 is 11.9 Å². The molecular formula is C14H20F4N2O4. The molecule has 2 aliphatic heterocycles. The van der Waals surface area contributed by atoms with Gasteiger partial charge in [-0.3, -0.25) is 0 Å². The van der Waals surface area contributed by atoms with Crippen LogP contribution in [-0.2, 0) is 9.59 Å². The normalized spacial score (nSPS) is 28.3. The molecule has 2 saturated heterocycles. The minimum atomic E-state index is -2.35. The lowest BCUT2D eigenvalue weighted by molar-refractivity contribution is -0.159. The summed E-state index contributed by atoms with van der Waals surface area (Å²) in [6.07, 6.45) is 2.17. The van der Waals surface area contributed by atoms with Gasteiger partial charge in [0.25, 0.3) is 11.8 Å². The summed E-state index contributed by atoms with van der Waals surface area (Å²) in [6, 6.07) is 0. The van der Waals surface area contributed by atoms with E-state index in [1.807, 2.05) is 0 Å². The molecule has 24 heavy (non-hydrogen) atoms. The molecule has 4 N–H and O–H groups in total. The second kappa shape index (κ2) is 6.14. The third-order valence-electron chi connectivity index (χ3n) is 4.78. The molecule has 138 valence electrons. The van der Waals surface area contributed by atoms with Gasteiger partial charge in [0, 0.05) is 36.8 Å². The van der Waals surface area contributed by atoms with Gasteiger partial charge in [-0.2, -0.15) is 0 Å². The zero-order chi connectivity index (χ0) is 18.2.